The minimum Gasteiger partial charge on any atom is -0.323 e. The van der Waals surface area contributed by atoms with Gasteiger partial charge in [-0.15, -0.1) is 0 Å². The van der Waals surface area contributed by atoms with Crippen molar-refractivity contribution in [2.24, 2.45) is 0 Å². The Bertz CT molecular complexity index is 588. The van der Waals surface area contributed by atoms with Gasteiger partial charge in [-0.3, -0.25) is 9.69 Å². The van der Waals surface area contributed by atoms with Crippen LogP contribution >= 0.6 is 11.8 Å². The van der Waals surface area contributed by atoms with Crippen molar-refractivity contribution >= 4 is 23.4 Å². The Balaban J connectivity index is 1.39. The van der Waals surface area contributed by atoms with Gasteiger partial charge in [-0.1, -0.05) is 0 Å². The second-order valence-corrected chi connectivity index (χ2v) is 7.87. The number of amides is 1. The second kappa shape index (κ2) is 8.96. The highest BCUT2D eigenvalue weighted by molar-refractivity contribution is 7.99. The summed E-state index contributed by atoms with van der Waals surface area (Å²) >= 11 is 2.05. The Labute approximate surface area is 151 Å². The summed E-state index contributed by atoms with van der Waals surface area (Å²) in [7, 11) is 0. The molecule has 2 aliphatic heterocycles. The van der Waals surface area contributed by atoms with Crippen LogP contribution in [0.1, 0.15) is 19.3 Å². The van der Waals surface area contributed by atoms with Gasteiger partial charge in [-0.2, -0.15) is 11.8 Å². The zero-order chi connectivity index (χ0) is 17.6. The molecule has 7 heteroatoms. The first-order chi connectivity index (χ1) is 12.1. The molecule has 0 atom stereocenters. The van der Waals surface area contributed by atoms with Crippen LogP contribution in [0.5, 0.6) is 0 Å². The fourth-order valence-corrected chi connectivity index (χ4v) is 4.55. The molecule has 1 aromatic rings. The summed E-state index contributed by atoms with van der Waals surface area (Å²) in [5.74, 6) is 1.07. The van der Waals surface area contributed by atoms with Crippen LogP contribution in [0.3, 0.4) is 0 Å². The third-order valence-electron chi connectivity index (χ3n) is 4.97. The summed E-state index contributed by atoms with van der Waals surface area (Å²) in [6, 6.07) is 3.79. The molecule has 3 rings (SSSR count). The quantitative estimate of drug-likeness (QED) is 0.866. The number of hydrogen-bond donors (Lipinski definition) is 1. The fourth-order valence-electron chi connectivity index (χ4n) is 3.47. The van der Waals surface area contributed by atoms with Crippen LogP contribution in [0.15, 0.2) is 18.2 Å². The highest BCUT2D eigenvalue weighted by atomic mass is 32.2. The predicted molar refractivity (Wildman–Crippen MR) is 98.0 cm³/mol. The van der Waals surface area contributed by atoms with Gasteiger partial charge in [-0.25, -0.2) is 8.78 Å². The number of benzene rings is 1. The van der Waals surface area contributed by atoms with E-state index in [-0.39, 0.29) is 18.0 Å². The van der Waals surface area contributed by atoms with E-state index >= 15 is 0 Å². The number of nitrogens with one attached hydrogen (secondary N) is 1. The molecule has 0 unspecified atom stereocenters. The van der Waals surface area contributed by atoms with Crippen LogP contribution < -0.4 is 5.32 Å². The number of nitrogens with zero attached hydrogens (tertiary/aromatic N) is 2. The normalized spacial score (nSPS) is 20.6. The molecule has 2 aliphatic rings. The van der Waals surface area contributed by atoms with E-state index in [1.165, 1.54) is 24.3 Å². The lowest BCUT2D eigenvalue weighted by atomic mass is 10.1. The number of carbonyl (C=O) groups is 1. The van der Waals surface area contributed by atoms with Crippen LogP contribution in [0.2, 0.25) is 0 Å². The van der Waals surface area contributed by atoms with Crippen molar-refractivity contribution in [3.63, 3.8) is 0 Å². The zero-order valence-electron chi connectivity index (χ0n) is 14.3. The monoisotopic (exact) mass is 369 g/mol. The minimum absolute atomic E-state index is 0.0926. The lowest BCUT2D eigenvalue weighted by molar-refractivity contribution is -0.116. The van der Waals surface area contributed by atoms with Crippen LogP contribution in [-0.2, 0) is 4.79 Å². The van der Waals surface area contributed by atoms with Gasteiger partial charge in [0.15, 0.2) is 0 Å². The Kier molecular flexibility index (Phi) is 6.67. The highest BCUT2D eigenvalue weighted by Gasteiger charge is 2.25. The van der Waals surface area contributed by atoms with Gasteiger partial charge in [-0.05, 0) is 36.5 Å². The number of halogens is 2. The summed E-state index contributed by atoms with van der Waals surface area (Å²) in [6.45, 7) is 4.68. The van der Waals surface area contributed by atoms with Crippen molar-refractivity contribution in [1.82, 2.24) is 9.80 Å². The van der Waals surface area contributed by atoms with Gasteiger partial charge in [0.2, 0.25) is 5.91 Å². The van der Waals surface area contributed by atoms with E-state index < -0.39 is 11.6 Å². The standard InChI is InChI=1S/C18H25F2N3OS/c19-14-1-2-16(20)17(13-14)21-18(24)3-6-22-7-9-23(10-8-22)15-4-11-25-12-5-15/h1-2,13,15H,3-12H2,(H,21,24). The first kappa shape index (κ1) is 18.6. The maximum Gasteiger partial charge on any atom is 0.225 e. The molecule has 0 saturated carbocycles. The van der Waals surface area contributed by atoms with Gasteiger partial charge in [0.1, 0.15) is 11.6 Å². The summed E-state index contributed by atoms with van der Waals surface area (Å²) < 4.78 is 26.7. The van der Waals surface area contributed by atoms with Crippen LogP contribution in [0.4, 0.5) is 14.5 Å². The highest BCUT2D eigenvalue weighted by Crippen LogP contribution is 2.22. The first-order valence-electron chi connectivity index (χ1n) is 8.91. The molecule has 2 saturated heterocycles. The van der Waals surface area contributed by atoms with E-state index in [1.807, 2.05) is 11.8 Å². The number of anilines is 1. The molecule has 1 amide bonds. The van der Waals surface area contributed by atoms with Crippen molar-refractivity contribution in [3.05, 3.63) is 29.8 Å². The molecular weight excluding hydrogens is 344 g/mol. The number of piperazine rings is 1. The molecule has 4 nitrogen and oxygen atoms in total. The smallest absolute Gasteiger partial charge is 0.225 e. The molecule has 0 bridgehead atoms. The van der Waals surface area contributed by atoms with Gasteiger partial charge < -0.3 is 10.2 Å². The van der Waals surface area contributed by atoms with Gasteiger partial charge in [0.05, 0.1) is 5.69 Å². The molecule has 2 heterocycles. The van der Waals surface area contributed by atoms with Gasteiger partial charge >= 0.3 is 0 Å². The third kappa shape index (κ3) is 5.39. The second-order valence-electron chi connectivity index (χ2n) is 6.64. The topological polar surface area (TPSA) is 35.6 Å². The van der Waals surface area contributed by atoms with E-state index in [0.717, 1.165) is 50.4 Å². The van der Waals surface area contributed by atoms with Crippen molar-refractivity contribution in [1.29, 1.82) is 0 Å². The number of thioether (sulfide) groups is 1. The molecule has 138 valence electrons. The summed E-state index contributed by atoms with van der Waals surface area (Å²) in [5.41, 5.74) is -0.0926. The Morgan fingerprint density at radius 3 is 2.60 bits per heavy atom. The predicted octanol–water partition coefficient (Wildman–Crippen LogP) is 2.81. The van der Waals surface area contributed by atoms with Crippen LogP contribution in [0.25, 0.3) is 0 Å². The zero-order valence-corrected chi connectivity index (χ0v) is 15.2. The average Bonchev–Trinajstić information content (AvgIpc) is 2.64. The maximum atomic E-state index is 13.5. The lowest BCUT2D eigenvalue weighted by Gasteiger charge is -2.40. The molecule has 0 aromatic heterocycles. The molecule has 0 spiro atoms. The van der Waals surface area contributed by atoms with E-state index in [1.54, 1.807) is 0 Å². The van der Waals surface area contributed by atoms with Crippen molar-refractivity contribution in [3.8, 4) is 0 Å². The SMILES string of the molecule is O=C(CCN1CCN(C2CCSCC2)CC1)Nc1cc(F)ccc1F. The molecular formula is C18H25F2N3OS. The van der Waals surface area contributed by atoms with Crippen molar-refractivity contribution in [2.75, 3.05) is 49.5 Å². The molecule has 0 radical (unpaired) electrons. The van der Waals surface area contributed by atoms with Gasteiger partial charge in [0, 0.05) is 51.3 Å². The van der Waals surface area contributed by atoms with E-state index in [0.29, 0.717) is 6.54 Å². The first-order valence-corrected chi connectivity index (χ1v) is 10.1. The average molecular weight is 369 g/mol. The molecule has 0 aliphatic carbocycles. The number of hydrogen-bond acceptors (Lipinski definition) is 4. The van der Waals surface area contributed by atoms with E-state index in [9.17, 15) is 13.6 Å². The van der Waals surface area contributed by atoms with Crippen molar-refractivity contribution in [2.45, 2.75) is 25.3 Å². The minimum atomic E-state index is -0.617. The number of rotatable bonds is 5. The van der Waals surface area contributed by atoms with Crippen molar-refractivity contribution < 1.29 is 13.6 Å². The Hall–Kier alpha value is -1.18. The van der Waals surface area contributed by atoms with E-state index in [2.05, 4.69) is 15.1 Å². The molecule has 2 fully saturated rings. The van der Waals surface area contributed by atoms with Crippen LogP contribution in [-0.4, -0.2) is 66.0 Å². The summed E-state index contributed by atoms with van der Waals surface area (Å²) in [5, 5.41) is 2.46. The molecule has 25 heavy (non-hydrogen) atoms. The Morgan fingerprint density at radius 1 is 1.16 bits per heavy atom. The molecule has 1 aromatic carbocycles. The lowest BCUT2D eigenvalue weighted by Crippen LogP contribution is -2.51. The largest absolute Gasteiger partial charge is 0.323 e. The molecule has 1 N–H and O–H groups in total. The fraction of sp³-hybridized carbons (Fsp3) is 0.611. The summed E-state index contributed by atoms with van der Waals surface area (Å²) in [4.78, 5) is 16.8. The maximum absolute atomic E-state index is 13.5. The van der Waals surface area contributed by atoms with Crippen LogP contribution in [0, 0.1) is 11.6 Å². The Morgan fingerprint density at radius 2 is 1.88 bits per heavy atom. The number of carbonyl (C=O) groups excluding carboxylic acids is 1. The third-order valence-corrected chi connectivity index (χ3v) is 6.02. The summed E-state index contributed by atoms with van der Waals surface area (Å²) in [6.07, 6.45) is 2.86. The van der Waals surface area contributed by atoms with E-state index in [4.69, 9.17) is 0 Å². The van der Waals surface area contributed by atoms with Gasteiger partial charge in [0.25, 0.3) is 0 Å².